The summed E-state index contributed by atoms with van der Waals surface area (Å²) < 4.78 is 26.5. The second-order valence-corrected chi connectivity index (χ2v) is 11.4. The van der Waals surface area contributed by atoms with Crippen LogP contribution in [0.2, 0.25) is 0 Å². The summed E-state index contributed by atoms with van der Waals surface area (Å²) in [6, 6.07) is 19.0. The molecule has 0 saturated carbocycles. The van der Waals surface area contributed by atoms with Gasteiger partial charge < -0.3 is 16.0 Å². The quantitative estimate of drug-likeness (QED) is 0.204. The third-order valence-electron chi connectivity index (χ3n) is 5.40. The van der Waals surface area contributed by atoms with Gasteiger partial charge in [0.25, 0.3) is 5.69 Å². The Labute approximate surface area is 214 Å². The molecule has 36 heavy (non-hydrogen) atoms. The third-order valence-corrected chi connectivity index (χ3v) is 8.38. The van der Waals surface area contributed by atoms with Crippen molar-refractivity contribution in [2.45, 2.75) is 27.1 Å². The molecule has 0 aliphatic heterocycles. The summed E-state index contributed by atoms with van der Waals surface area (Å²) >= 11 is 1.63. The summed E-state index contributed by atoms with van der Waals surface area (Å²) in [4.78, 5) is 25.6. The Morgan fingerprint density at radius 1 is 1.08 bits per heavy atom. The second kappa shape index (κ2) is 12.0. The predicted octanol–water partition coefficient (Wildman–Crippen LogP) is 4.05. The number of nitro benzene ring substituents is 1. The molecule has 0 fully saturated rings. The average Bonchev–Trinajstić information content (AvgIpc) is 2.86. The van der Waals surface area contributed by atoms with Crippen LogP contribution in [0.25, 0.3) is 0 Å². The number of rotatable bonds is 12. The van der Waals surface area contributed by atoms with Crippen LogP contribution in [0.1, 0.15) is 16.8 Å². The van der Waals surface area contributed by atoms with E-state index in [0.29, 0.717) is 5.75 Å². The van der Waals surface area contributed by atoms with Gasteiger partial charge in [0.1, 0.15) is 5.69 Å². The number of sulfone groups is 1. The molecule has 0 bridgehead atoms. The van der Waals surface area contributed by atoms with Crippen molar-refractivity contribution >= 4 is 38.9 Å². The highest BCUT2D eigenvalue weighted by atomic mass is 32.2. The number of hydrogen-bond donors (Lipinski definition) is 2. The Morgan fingerprint density at radius 2 is 1.75 bits per heavy atom. The first-order valence-electron chi connectivity index (χ1n) is 11.1. The molecule has 0 saturated heterocycles. The zero-order valence-corrected chi connectivity index (χ0v) is 21.6. The zero-order chi connectivity index (χ0) is 26.3. The number of nitro groups is 1. The summed E-state index contributed by atoms with van der Waals surface area (Å²) in [7, 11) is -0.324. The number of thioether (sulfide) groups is 1. The van der Waals surface area contributed by atoms with E-state index in [1.807, 2.05) is 49.3 Å². The van der Waals surface area contributed by atoms with E-state index in [4.69, 9.17) is 5.73 Å². The van der Waals surface area contributed by atoms with Gasteiger partial charge in [0.05, 0.1) is 20.3 Å². The van der Waals surface area contributed by atoms with Gasteiger partial charge in [-0.3, -0.25) is 14.9 Å². The fraction of sp³-hybridized carbons (Fsp3) is 0.240. The minimum atomic E-state index is -4.23. The number of nitrogens with zero attached hydrogens (tertiary/aromatic N) is 2. The number of carbonyl (C=O) groups is 1. The normalized spacial score (nSPS) is 12.3. The monoisotopic (exact) mass is 528 g/mol. The molecule has 9 nitrogen and oxygen atoms in total. The molecular weight excluding hydrogens is 500 g/mol. The number of amides is 1. The van der Waals surface area contributed by atoms with Gasteiger partial charge in [-0.1, -0.05) is 30.3 Å². The number of carbonyl (C=O) groups excluding carboxylic acids is 1. The van der Waals surface area contributed by atoms with Crippen molar-refractivity contribution in [1.82, 2.24) is 4.90 Å². The number of benzene rings is 3. The Kier molecular flexibility index (Phi) is 9.08. The third kappa shape index (κ3) is 6.84. The van der Waals surface area contributed by atoms with E-state index in [2.05, 4.69) is 5.32 Å². The highest BCUT2D eigenvalue weighted by Gasteiger charge is 2.27. The Balaban J connectivity index is 1.92. The van der Waals surface area contributed by atoms with Crippen molar-refractivity contribution < 1.29 is 18.1 Å². The molecule has 0 aliphatic rings. The van der Waals surface area contributed by atoms with Crippen LogP contribution in [0, 0.1) is 10.1 Å². The molecule has 3 rings (SSSR count). The summed E-state index contributed by atoms with van der Waals surface area (Å²) in [6.45, 7) is 0.761. The summed E-state index contributed by atoms with van der Waals surface area (Å²) in [5.41, 5.74) is 5.02. The summed E-state index contributed by atoms with van der Waals surface area (Å²) in [5.74, 6) is -0.247. The first-order valence-corrected chi connectivity index (χ1v) is 13.6. The van der Waals surface area contributed by atoms with Gasteiger partial charge in [0.2, 0.25) is 15.7 Å². The Hall–Kier alpha value is -3.41. The second-order valence-electron chi connectivity index (χ2n) is 8.36. The van der Waals surface area contributed by atoms with E-state index >= 15 is 0 Å². The molecule has 3 aromatic rings. The molecule has 0 radical (unpaired) electrons. The molecule has 1 amide bonds. The highest BCUT2D eigenvalue weighted by molar-refractivity contribution is 7.99. The van der Waals surface area contributed by atoms with Crippen molar-refractivity contribution in [2.24, 2.45) is 5.73 Å². The van der Waals surface area contributed by atoms with E-state index in [1.54, 1.807) is 11.8 Å². The molecule has 190 valence electrons. The van der Waals surface area contributed by atoms with Crippen LogP contribution in [0.5, 0.6) is 0 Å². The molecule has 11 heteroatoms. The van der Waals surface area contributed by atoms with Gasteiger partial charge in [-0.15, -0.1) is 11.8 Å². The summed E-state index contributed by atoms with van der Waals surface area (Å²) in [6.07, 6.45) is 0.718. The van der Waals surface area contributed by atoms with E-state index in [0.717, 1.165) is 23.9 Å². The maximum Gasteiger partial charge on any atom is 0.293 e. The average molecular weight is 529 g/mol. The number of anilines is 1. The van der Waals surface area contributed by atoms with Crippen LogP contribution < -0.4 is 11.1 Å². The smallest absolute Gasteiger partial charge is 0.293 e. The van der Waals surface area contributed by atoms with Crippen LogP contribution in [-0.4, -0.2) is 56.6 Å². The maximum atomic E-state index is 13.2. The number of nitrogens with two attached hydrogens (primary N) is 1. The molecule has 0 aliphatic carbocycles. The lowest BCUT2D eigenvalue weighted by Crippen LogP contribution is -2.28. The van der Waals surface area contributed by atoms with E-state index in [9.17, 15) is 23.3 Å². The molecule has 3 N–H and O–H groups in total. The lowest BCUT2D eigenvalue weighted by molar-refractivity contribution is -0.384. The first kappa shape index (κ1) is 27.2. The molecular formula is C25H28N4O5S2. The van der Waals surface area contributed by atoms with Crippen molar-refractivity contribution in [3.63, 3.8) is 0 Å². The first-order chi connectivity index (χ1) is 17.1. The molecule has 0 spiro atoms. The molecule has 0 aromatic heterocycles. The highest BCUT2D eigenvalue weighted by Crippen LogP contribution is 2.33. The Bertz CT molecular complexity index is 1330. The van der Waals surface area contributed by atoms with Gasteiger partial charge in [0.15, 0.2) is 0 Å². The summed E-state index contributed by atoms with van der Waals surface area (Å²) in [5, 5.41) is 15.2. The minimum Gasteiger partial charge on any atom is -0.376 e. The van der Waals surface area contributed by atoms with Gasteiger partial charge in [-0.2, -0.15) is 0 Å². The number of primary amides is 1. The Morgan fingerprint density at radius 3 is 2.39 bits per heavy atom. The fourth-order valence-electron chi connectivity index (χ4n) is 3.53. The SMILES string of the molecule is CN(C)CCC(CSc1ccccc1)Nc1ccc(S(=O)(=O)c2ccccc2C(N)=O)cc1[N+](=O)[O-]. The molecule has 1 unspecified atom stereocenters. The topological polar surface area (TPSA) is 136 Å². The van der Waals surface area contributed by atoms with Crippen LogP contribution in [0.15, 0.2) is 87.5 Å². The predicted molar refractivity (Wildman–Crippen MR) is 141 cm³/mol. The van der Waals surface area contributed by atoms with Crippen LogP contribution >= 0.6 is 11.8 Å². The van der Waals surface area contributed by atoms with Gasteiger partial charge in [0, 0.05) is 22.8 Å². The van der Waals surface area contributed by atoms with E-state index in [-0.39, 0.29) is 32.8 Å². The maximum absolute atomic E-state index is 13.2. The van der Waals surface area contributed by atoms with Crippen molar-refractivity contribution in [2.75, 3.05) is 31.7 Å². The molecule has 1 atom stereocenters. The van der Waals surface area contributed by atoms with Gasteiger partial charge in [-0.25, -0.2) is 8.42 Å². The molecule has 0 heterocycles. The fourth-order valence-corrected chi connectivity index (χ4v) is 6.00. The van der Waals surface area contributed by atoms with E-state index < -0.39 is 20.7 Å². The van der Waals surface area contributed by atoms with Crippen molar-refractivity contribution in [1.29, 1.82) is 0 Å². The molecule has 3 aromatic carbocycles. The van der Waals surface area contributed by atoms with Gasteiger partial charge in [-0.05, 0) is 63.5 Å². The number of hydrogen-bond acceptors (Lipinski definition) is 8. The van der Waals surface area contributed by atoms with Crippen molar-refractivity contribution in [3.8, 4) is 0 Å². The zero-order valence-electron chi connectivity index (χ0n) is 20.0. The lowest BCUT2D eigenvalue weighted by Gasteiger charge is -2.22. The van der Waals surface area contributed by atoms with Crippen LogP contribution in [-0.2, 0) is 9.84 Å². The van der Waals surface area contributed by atoms with Crippen molar-refractivity contribution in [3.05, 3.63) is 88.5 Å². The van der Waals surface area contributed by atoms with E-state index in [1.165, 1.54) is 36.4 Å². The number of nitrogens with one attached hydrogen (secondary N) is 1. The van der Waals surface area contributed by atoms with Crippen LogP contribution in [0.3, 0.4) is 0 Å². The van der Waals surface area contributed by atoms with Crippen LogP contribution in [0.4, 0.5) is 11.4 Å². The lowest BCUT2D eigenvalue weighted by atomic mass is 10.2. The largest absolute Gasteiger partial charge is 0.376 e. The van der Waals surface area contributed by atoms with Gasteiger partial charge >= 0.3 is 0 Å². The standard InChI is InChI=1S/C25H28N4O5S2/c1-28(2)15-14-18(17-35-19-8-4-3-5-9-19)27-22-13-12-20(16-23(22)29(31)32)36(33,34)24-11-7-6-10-21(24)25(26)30/h3-13,16,18,27H,14-15,17H2,1-2H3,(H2,26,30). The minimum absolute atomic E-state index is 0.116.